The summed E-state index contributed by atoms with van der Waals surface area (Å²) < 4.78 is 43.1. The van der Waals surface area contributed by atoms with Crippen molar-refractivity contribution in [3.63, 3.8) is 0 Å². The minimum Gasteiger partial charge on any atom is -0.479 e. The lowest BCUT2D eigenvalue weighted by Gasteiger charge is -2.26. The van der Waals surface area contributed by atoms with Crippen LogP contribution in [-0.4, -0.2) is 68.7 Å². The Hall–Kier alpha value is -3.80. The van der Waals surface area contributed by atoms with Crippen molar-refractivity contribution < 1.29 is 37.7 Å². The van der Waals surface area contributed by atoms with E-state index in [1.165, 1.54) is 31.9 Å². The number of methoxy groups -OCH3 is 1. The van der Waals surface area contributed by atoms with Gasteiger partial charge in [-0.2, -0.15) is 20.3 Å². The second-order valence-corrected chi connectivity index (χ2v) is 11.5. The fourth-order valence-corrected chi connectivity index (χ4v) is 5.75. The number of aliphatic hydroxyl groups is 1. The molecule has 6 atom stereocenters. The van der Waals surface area contributed by atoms with Gasteiger partial charge in [0, 0.05) is 0 Å². The number of imidazole rings is 1. The molecule has 0 spiro atoms. The number of nitrogens with two attached hydrogens (primary N) is 1. The number of aliphatic hydroxyl groups excluding tert-OH is 1. The van der Waals surface area contributed by atoms with Crippen LogP contribution in [0.15, 0.2) is 36.7 Å². The van der Waals surface area contributed by atoms with Crippen molar-refractivity contribution in [2.75, 3.05) is 19.5 Å². The molecule has 220 valence electrons. The molecule has 16 heteroatoms. The summed E-state index contributed by atoms with van der Waals surface area (Å²) in [6.45, 7) is 5.83. The van der Waals surface area contributed by atoms with Gasteiger partial charge in [0.1, 0.15) is 29.4 Å². The van der Waals surface area contributed by atoms with E-state index < -0.39 is 56.3 Å². The number of fused-ring (bicyclic) bond motifs is 1. The molecule has 0 saturated carbocycles. The molecule has 1 aliphatic rings. The smallest absolute Gasteiger partial charge is 0.459 e. The van der Waals surface area contributed by atoms with Gasteiger partial charge in [-0.1, -0.05) is 18.2 Å². The number of hydrogen-bond acceptors (Lipinski definition) is 13. The summed E-state index contributed by atoms with van der Waals surface area (Å²) in [7, 11) is -2.86. The third-order valence-corrected chi connectivity index (χ3v) is 7.96. The summed E-state index contributed by atoms with van der Waals surface area (Å²) in [5.74, 6) is -0.433. The number of carbonyl (C=O) groups excluding carboxylic acids is 1. The van der Waals surface area contributed by atoms with Crippen LogP contribution in [0.1, 0.15) is 33.9 Å². The largest absolute Gasteiger partial charge is 0.479 e. The zero-order chi connectivity index (χ0) is 29.9. The van der Waals surface area contributed by atoms with Gasteiger partial charge in [-0.3, -0.25) is 13.9 Å². The molecule has 2 aromatic heterocycles. The monoisotopic (exact) mass is 589 g/mol. The highest BCUT2D eigenvalue weighted by Crippen LogP contribution is 2.49. The second kappa shape index (κ2) is 12.0. The molecule has 41 heavy (non-hydrogen) atoms. The number of nitrogen functional groups attached to an aromatic ring is 1. The number of nitrogens with zero attached hydrogens (tertiary/aromatic N) is 5. The average Bonchev–Trinajstić information content (AvgIpc) is 3.45. The van der Waals surface area contributed by atoms with Crippen molar-refractivity contribution in [3.05, 3.63) is 36.7 Å². The fourth-order valence-electron chi connectivity index (χ4n) is 4.25. The van der Waals surface area contributed by atoms with Gasteiger partial charge in [-0.15, -0.1) is 0 Å². The van der Waals surface area contributed by atoms with Crippen LogP contribution in [0, 0.1) is 16.7 Å². The number of esters is 1. The van der Waals surface area contributed by atoms with Gasteiger partial charge in [-0.25, -0.2) is 9.55 Å². The number of anilines is 1. The van der Waals surface area contributed by atoms with Gasteiger partial charge in [0.05, 0.1) is 32.2 Å². The first-order chi connectivity index (χ1) is 19.4. The van der Waals surface area contributed by atoms with E-state index in [9.17, 15) is 19.7 Å². The number of ether oxygens (including phenoxy) is 3. The molecule has 15 nitrogen and oxygen atoms in total. The fraction of sp³-hybridized carbons (Fsp3) is 0.480. The average molecular weight is 590 g/mol. The number of nitrogens with one attached hydrogen (secondary N) is 1. The highest BCUT2D eigenvalue weighted by molar-refractivity contribution is 7.52. The predicted molar refractivity (Wildman–Crippen MR) is 144 cm³/mol. The standard InChI is InChI=1S/C25H32N7O8P/c1-14(2)38-22(34)15(3)31-41(35,40-16-9-7-6-8-10-16)37-11-17-19(33)25(4,12-26)23(39-17)32-13-28-18-20(32)29-24(27)30-21(18)36-5/h6-10,13-15,17,19,23,33H,11H2,1-5H3,(H,31,35)(H2,27,29,30)/t15-,17+,19+,23+,25+,41?/m0/s1. The van der Waals surface area contributed by atoms with Crippen LogP contribution in [0.2, 0.25) is 0 Å². The van der Waals surface area contributed by atoms with Gasteiger partial charge in [0.25, 0.3) is 0 Å². The molecule has 0 radical (unpaired) electrons. The van der Waals surface area contributed by atoms with Gasteiger partial charge in [-0.05, 0) is 39.8 Å². The summed E-state index contributed by atoms with van der Waals surface area (Å²) in [6, 6.07) is 9.24. The summed E-state index contributed by atoms with van der Waals surface area (Å²) in [5.41, 5.74) is 4.78. The van der Waals surface area contributed by atoms with Gasteiger partial charge < -0.3 is 29.6 Å². The third-order valence-electron chi connectivity index (χ3n) is 6.31. The summed E-state index contributed by atoms with van der Waals surface area (Å²) in [5, 5.41) is 23.9. The van der Waals surface area contributed by atoms with Crippen LogP contribution in [0.3, 0.4) is 0 Å². The molecule has 1 unspecified atom stereocenters. The van der Waals surface area contributed by atoms with Gasteiger partial charge >= 0.3 is 13.7 Å². The first kappa shape index (κ1) is 30.2. The molecule has 4 N–H and O–H groups in total. The molecule has 1 fully saturated rings. The van der Waals surface area contributed by atoms with Crippen LogP contribution < -0.4 is 20.1 Å². The first-order valence-corrected chi connectivity index (χ1v) is 14.2. The van der Waals surface area contributed by atoms with E-state index in [0.717, 1.165) is 0 Å². The molecular weight excluding hydrogens is 557 g/mol. The van der Waals surface area contributed by atoms with E-state index in [0.29, 0.717) is 0 Å². The Labute approximate surface area is 236 Å². The van der Waals surface area contributed by atoms with E-state index in [1.807, 2.05) is 0 Å². The van der Waals surface area contributed by atoms with Crippen molar-refractivity contribution in [3.8, 4) is 17.7 Å². The minimum atomic E-state index is -4.26. The normalized spacial score (nSPS) is 24.5. The molecule has 0 bridgehead atoms. The van der Waals surface area contributed by atoms with Crippen LogP contribution >= 0.6 is 7.75 Å². The van der Waals surface area contributed by atoms with Crippen LogP contribution in [0.5, 0.6) is 11.6 Å². The molecule has 1 saturated heterocycles. The van der Waals surface area contributed by atoms with E-state index in [2.05, 4.69) is 26.1 Å². The number of carbonyl (C=O) groups is 1. The Morgan fingerprint density at radius 2 is 2.02 bits per heavy atom. The van der Waals surface area contributed by atoms with E-state index in [4.69, 9.17) is 29.0 Å². The molecule has 1 aromatic carbocycles. The number of hydrogen-bond donors (Lipinski definition) is 3. The maximum atomic E-state index is 13.8. The molecule has 3 heterocycles. The molecule has 4 rings (SSSR count). The Kier molecular flexibility index (Phi) is 8.81. The lowest BCUT2D eigenvalue weighted by atomic mass is 9.84. The lowest BCUT2D eigenvalue weighted by Crippen LogP contribution is -2.39. The highest BCUT2D eigenvalue weighted by atomic mass is 31.2. The minimum absolute atomic E-state index is 0.0941. The van der Waals surface area contributed by atoms with Crippen LogP contribution in [-0.2, 0) is 23.4 Å². The Morgan fingerprint density at radius 3 is 2.66 bits per heavy atom. The number of nitriles is 1. The summed E-state index contributed by atoms with van der Waals surface area (Å²) in [6.07, 6.45) is -2.71. The summed E-state index contributed by atoms with van der Waals surface area (Å²) in [4.78, 5) is 24.9. The van der Waals surface area contributed by atoms with Crippen LogP contribution in [0.4, 0.5) is 5.95 Å². The second-order valence-electron chi connectivity index (χ2n) is 9.82. The van der Waals surface area contributed by atoms with Crippen molar-refractivity contribution in [1.29, 1.82) is 5.26 Å². The van der Waals surface area contributed by atoms with Gasteiger partial charge in [0.2, 0.25) is 11.8 Å². The van der Waals surface area contributed by atoms with E-state index in [-0.39, 0.29) is 28.7 Å². The first-order valence-electron chi connectivity index (χ1n) is 12.7. The quantitative estimate of drug-likeness (QED) is 0.217. The Balaban J connectivity index is 1.60. The highest BCUT2D eigenvalue weighted by Gasteiger charge is 2.55. The molecule has 1 aliphatic heterocycles. The topological polar surface area (TPSA) is 206 Å². The number of para-hydroxylation sites is 1. The van der Waals surface area contributed by atoms with E-state index in [1.54, 1.807) is 44.2 Å². The maximum absolute atomic E-state index is 13.8. The predicted octanol–water partition coefficient (Wildman–Crippen LogP) is 2.34. The Bertz CT molecular complexity index is 1480. The number of aromatic nitrogens is 4. The Morgan fingerprint density at radius 1 is 1.32 bits per heavy atom. The number of rotatable bonds is 11. The summed E-state index contributed by atoms with van der Waals surface area (Å²) >= 11 is 0. The lowest BCUT2D eigenvalue weighted by molar-refractivity contribution is -0.149. The van der Waals surface area contributed by atoms with Crippen molar-refractivity contribution in [1.82, 2.24) is 24.6 Å². The SMILES string of the molecule is COc1nc(N)nc2c1ncn2[C@@H]1O[C@H](COP(=O)(N[C@@H](C)C(=O)OC(C)C)Oc2ccccc2)[C@@H](O)[C@@]1(C)C#N. The van der Waals surface area contributed by atoms with Crippen molar-refractivity contribution >= 4 is 30.8 Å². The molecule has 0 aliphatic carbocycles. The number of benzene rings is 1. The third kappa shape index (κ3) is 6.27. The molecule has 0 amide bonds. The molecule has 3 aromatic rings. The maximum Gasteiger partial charge on any atom is 0.459 e. The zero-order valence-electron chi connectivity index (χ0n) is 23.1. The molecular formula is C25H32N7O8P. The van der Waals surface area contributed by atoms with Gasteiger partial charge in [0.15, 0.2) is 17.4 Å². The van der Waals surface area contributed by atoms with E-state index >= 15 is 0 Å². The zero-order valence-corrected chi connectivity index (χ0v) is 24.0. The van der Waals surface area contributed by atoms with Crippen molar-refractivity contribution in [2.24, 2.45) is 5.41 Å². The van der Waals surface area contributed by atoms with Crippen LogP contribution in [0.25, 0.3) is 11.2 Å². The van der Waals surface area contributed by atoms with Crippen molar-refractivity contribution in [2.45, 2.75) is 58.3 Å².